The number of para-hydroxylation sites is 1. The Hall–Kier alpha value is -7.14. The average molecular weight is 971 g/mol. The number of aryl methyl sites for hydroxylation is 1. The first-order chi connectivity index (χ1) is 31.2. The molecule has 4 amide bonds. The van der Waals surface area contributed by atoms with Crippen LogP contribution in [0.25, 0.3) is 0 Å². The van der Waals surface area contributed by atoms with Crippen molar-refractivity contribution in [1.82, 2.24) is 25.5 Å². The van der Waals surface area contributed by atoms with E-state index in [2.05, 4.69) is 56.5 Å². The fourth-order valence-electron chi connectivity index (χ4n) is 6.57. The van der Waals surface area contributed by atoms with Gasteiger partial charge >= 0.3 is 32.1 Å². The van der Waals surface area contributed by atoms with E-state index in [4.69, 9.17) is 23.9 Å². The van der Waals surface area contributed by atoms with Crippen LogP contribution in [0.2, 0.25) is 0 Å². The van der Waals surface area contributed by atoms with Gasteiger partial charge in [0.2, 0.25) is 18.6 Å². The number of hydrogen-bond donors (Lipinski definition) is 5. The Morgan fingerprint density at radius 3 is 1.95 bits per heavy atom. The molecule has 0 saturated heterocycles. The van der Waals surface area contributed by atoms with Crippen molar-refractivity contribution in [2.75, 3.05) is 24.0 Å². The van der Waals surface area contributed by atoms with Gasteiger partial charge in [0.05, 0.1) is 30.3 Å². The molecule has 0 unspecified atom stereocenters. The normalized spacial score (nSPS) is 11.5. The van der Waals surface area contributed by atoms with E-state index in [-0.39, 0.29) is 45.6 Å². The van der Waals surface area contributed by atoms with Crippen LogP contribution in [0.5, 0.6) is 11.5 Å². The monoisotopic (exact) mass is 969 g/mol. The third-order valence-electron chi connectivity index (χ3n) is 9.56. The van der Waals surface area contributed by atoms with Crippen LogP contribution >= 0.6 is 0 Å². The van der Waals surface area contributed by atoms with Gasteiger partial charge in [0, 0.05) is 36.9 Å². The topological polar surface area (TPSA) is 235 Å². The molecular weight excluding hydrogens is 921 g/mol. The van der Waals surface area contributed by atoms with Crippen LogP contribution in [0, 0.1) is 6.92 Å². The molecule has 2 aromatic heterocycles. The van der Waals surface area contributed by atoms with E-state index in [1.807, 2.05) is 67.6 Å². The zero-order valence-electron chi connectivity index (χ0n) is 35.6. The Labute approximate surface area is 391 Å². The first-order valence-electron chi connectivity index (χ1n) is 19.8. The first kappa shape index (κ1) is 54.0. The van der Waals surface area contributed by atoms with Crippen molar-refractivity contribution in [1.29, 1.82) is 0 Å². The number of anilines is 2. The molecule has 0 fully saturated rings. The molecule has 3 heterocycles. The minimum atomic E-state index is -1.10. The molecule has 1 radical (unpaired) electrons. The van der Waals surface area contributed by atoms with Crippen molar-refractivity contribution in [2.24, 2.45) is 0 Å². The van der Waals surface area contributed by atoms with E-state index in [9.17, 15) is 24.3 Å². The van der Waals surface area contributed by atoms with E-state index >= 15 is 0 Å². The van der Waals surface area contributed by atoms with Crippen LogP contribution in [-0.4, -0.2) is 83.5 Å². The summed E-state index contributed by atoms with van der Waals surface area (Å²) in [5.41, 5.74) is 5.22. The predicted octanol–water partition coefficient (Wildman–Crippen LogP) is 5.57. The maximum absolute atomic E-state index is 14.0. The summed E-state index contributed by atoms with van der Waals surface area (Å²) in [4.78, 5) is 86.5. The molecule has 6 rings (SSSR count). The van der Waals surface area contributed by atoms with Crippen molar-refractivity contribution in [3.8, 4) is 11.5 Å². The van der Waals surface area contributed by atoms with Gasteiger partial charge < -0.3 is 50.2 Å². The number of carboxylic acids is 1. The molecule has 5 aromatic rings. The number of carbonyl (C=O) groups is 4. The number of aliphatic carboxylic acids is 1. The smallest absolute Gasteiger partial charge is 0.545 e. The molecule has 339 valence electrons. The fourth-order valence-corrected chi connectivity index (χ4v) is 6.57. The number of ether oxygens (including phenoxy) is 2. The Kier molecular flexibility index (Phi) is 24.9. The third kappa shape index (κ3) is 18.6. The Morgan fingerprint density at radius 1 is 0.738 bits per heavy atom. The van der Waals surface area contributed by atoms with Gasteiger partial charge in [-0.2, -0.15) is 0 Å². The maximum atomic E-state index is 14.0. The number of amides is 4. The SMILES string of the molecule is Cc1ccccc1NC(=O)Nc1ccc(CC(=O)N[C@@H](CCCCN(Cc2ccccn2)Cc2ccccn2)C(=O)N[C@@H](CC(=O)O)c2ccc3c(c2)OCO3)cc1.[CH-]=O.[CH-]=O.[CH-]=O.[Tc+4]. The van der Waals surface area contributed by atoms with Gasteiger partial charge in [0.1, 0.15) is 6.04 Å². The van der Waals surface area contributed by atoms with E-state index in [1.165, 1.54) is 0 Å². The minimum absolute atomic E-state index is 0. The summed E-state index contributed by atoms with van der Waals surface area (Å²) in [5, 5.41) is 21.2. The average Bonchev–Trinajstić information content (AvgIpc) is 3.79. The fraction of sp³-hybridized carbons (Fsp3) is 0.255. The molecule has 0 saturated carbocycles. The molecule has 65 heavy (non-hydrogen) atoms. The van der Waals surface area contributed by atoms with E-state index in [0.29, 0.717) is 72.9 Å². The second kappa shape index (κ2) is 30.0. The second-order valence-electron chi connectivity index (χ2n) is 14.0. The largest absolute Gasteiger partial charge is 4.00 e. The number of pyridine rings is 2. The standard InChI is InChI=1S/C44H47N7O7.3CHO.Tc/c1-30-10-2-3-13-36(30)50-44(56)47-33-18-15-31(16-19-33)24-41(52)48-37(43(55)49-38(26-42(53)54)32-17-20-39-40(25-32)58-29-57-39)14-6-9-23-51(27-34-11-4-7-21-45-34)28-35-12-5-8-22-46-35;3*1-2;/h2-5,7-8,10-13,15-22,25,37-38H,6,9,14,23-24,26-29H2,1H3,(H,48,52)(H,49,55)(H,53,54)(H2,47,50,56);3*1H;/q;3*-1;+4/t37-,38-;;;;/m0..../s1. The summed E-state index contributed by atoms with van der Waals surface area (Å²) in [7, 11) is 0. The van der Waals surface area contributed by atoms with Crippen molar-refractivity contribution >= 4 is 55.6 Å². The third-order valence-corrected chi connectivity index (χ3v) is 9.56. The zero-order valence-corrected chi connectivity index (χ0v) is 37.4. The summed E-state index contributed by atoms with van der Waals surface area (Å²) in [6.45, 7) is 13.6. The Balaban J connectivity index is 0.00000199. The minimum Gasteiger partial charge on any atom is -0.545 e. The molecule has 17 nitrogen and oxygen atoms in total. The van der Waals surface area contributed by atoms with Crippen LogP contribution in [0.1, 0.15) is 59.8 Å². The summed E-state index contributed by atoms with van der Waals surface area (Å²) < 4.78 is 10.9. The van der Waals surface area contributed by atoms with Gasteiger partial charge in [-0.3, -0.25) is 49.6 Å². The van der Waals surface area contributed by atoms with Gasteiger partial charge in [-0.25, -0.2) is 4.79 Å². The molecule has 0 aliphatic carbocycles. The van der Waals surface area contributed by atoms with Crippen LogP contribution in [0.4, 0.5) is 16.2 Å². The molecule has 3 aromatic carbocycles. The quantitative estimate of drug-likeness (QED) is 0.0388. The Bertz CT molecular complexity index is 2180. The summed E-state index contributed by atoms with van der Waals surface area (Å²) in [6.07, 6.45) is 4.70. The van der Waals surface area contributed by atoms with E-state index in [0.717, 1.165) is 17.0 Å². The number of hydrogen-bond acceptors (Lipinski definition) is 12. The van der Waals surface area contributed by atoms with Gasteiger partial charge in [-0.15, -0.1) is 0 Å². The van der Waals surface area contributed by atoms with Crippen LogP contribution in [0.3, 0.4) is 0 Å². The maximum Gasteiger partial charge on any atom is 4.00 e. The number of urea groups is 1. The summed E-state index contributed by atoms with van der Waals surface area (Å²) in [5.74, 6) is -1.00. The van der Waals surface area contributed by atoms with Gasteiger partial charge in [-0.1, -0.05) is 48.5 Å². The molecule has 5 N–H and O–H groups in total. The number of carboxylic acid groups (broad SMARTS) is 1. The number of benzene rings is 3. The molecular formula is C47H50N7O10Tc+. The van der Waals surface area contributed by atoms with Gasteiger partial charge in [0.25, 0.3) is 0 Å². The molecule has 2 atom stereocenters. The molecule has 0 spiro atoms. The van der Waals surface area contributed by atoms with Crippen molar-refractivity contribution in [2.45, 2.75) is 64.2 Å². The van der Waals surface area contributed by atoms with Crippen LogP contribution in [0.15, 0.2) is 116 Å². The first-order valence-corrected chi connectivity index (χ1v) is 19.8. The number of unbranched alkanes of at least 4 members (excludes halogenated alkanes) is 1. The number of fused-ring (bicyclic) bond motifs is 1. The van der Waals surface area contributed by atoms with Gasteiger partial charge in [0.15, 0.2) is 11.5 Å². The predicted molar refractivity (Wildman–Crippen MR) is 238 cm³/mol. The molecule has 1 aliphatic rings. The van der Waals surface area contributed by atoms with Crippen LogP contribution in [-0.2, 0) is 68.4 Å². The van der Waals surface area contributed by atoms with Crippen molar-refractivity contribution in [3.63, 3.8) is 0 Å². The van der Waals surface area contributed by atoms with E-state index in [1.54, 1.807) is 54.9 Å². The zero-order chi connectivity index (χ0) is 46.7. The Morgan fingerprint density at radius 2 is 1.35 bits per heavy atom. The van der Waals surface area contributed by atoms with Crippen LogP contribution < -0.4 is 30.7 Å². The molecule has 0 bridgehead atoms. The van der Waals surface area contributed by atoms with Crippen molar-refractivity contribution < 1.29 is 68.2 Å². The second-order valence-corrected chi connectivity index (χ2v) is 14.0. The van der Waals surface area contributed by atoms with Crippen molar-refractivity contribution in [3.05, 3.63) is 144 Å². The summed E-state index contributed by atoms with van der Waals surface area (Å²) in [6, 6.07) is 28.7. The molecule has 1 aliphatic heterocycles. The molecule has 18 heteroatoms. The van der Waals surface area contributed by atoms with Gasteiger partial charge in [-0.05, 0) is 104 Å². The summed E-state index contributed by atoms with van der Waals surface area (Å²) >= 11 is 0. The number of carbonyl (C=O) groups excluding carboxylic acids is 6. The number of rotatable bonds is 19. The number of aromatic nitrogens is 2. The number of nitrogens with zero attached hydrogens (tertiary/aromatic N) is 3. The van der Waals surface area contributed by atoms with E-state index < -0.39 is 30.0 Å². The number of nitrogens with one attached hydrogen (secondary N) is 4.